The van der Waals surface area contributed by atoms with Crippen molar-refractivity contribution in [2.45, 2.75) is 10.8 Å². The predicted molar refractivity (Wildman–Crippen MR) is 494 cm³/mol. The molecule has 8 nitrogen and oxygen atoms in total. The van der Waals surface area contributed by atoms with Crippen molar-refractivity contribution in [3.05, 3.63) is 493 Å². The van der Waals surface area contributed by atoms with Gasteiger partial charge < -0.3 is 8.83 Å². The summed E-state index contributed by atoms with van der Waals surface area (Å²) >= 11 is 0. The third-order valence-corrected chi connectivity index (χ3v) is 24.1. The molecule has 8 heteroatoms. The fraction of sp³-hybridized carbons (Fsp3) is 0.0175. The molecule has 0 bridgehead atoms. The van der Waals surface area contributed by atoms with Crippen LogP contribution in [0.25, 0.3) is 169 Å². The smallest absolute Gasteiger partial charge is 0.227 e. The molecule has 4 aromatic heterocycles. The molecule has 21 aromatic rings. The Morgan fingerprint density at radius 2 is 0.418 bits per heavy atom. The van der Waals surface area contributed by atoms with Crippen molar-refractivity contribution < 1.29 is 8.83 Å². The van der Waals surface area contributed by atoms with Gasteiger partial charge in [0.25, 0.3) is 0 Å². The highest BCUT2D eigenvalue weighted by Gasteiger charge is 2.48. The molecule has 0 N–H and O–H groups in total. The summed E-state index contributed by atoms with van der Waals surface area (Å²) in [7, 11) is 0. The number of benzene rings is 17. The van der Waals surface area contributed by atoms with Crippen LogP contribution in [0.3, 0.4) is 0 Å². The van der Waals surface area contributed by atoms with E-state index in [0.717, 1.165) is 123 Å². The number of hydrogen-bond acceptors (Lipinski definition) is 8. The lowest BCUT2D eigenvalue weighted by molar-refractivity contribution is 0.618. The number of aromatic nitrogens is 6. The number of rotatable bonds is 15. The van der Waals surface area contributed by atoms with Gasteiger partial charge in [0.05, 0.1) is 33.6 Å². The first-order valence-electron chi connectivity index (χ1n) is 41.3. The molecule has 0 spiro atoms. The molecule has 0 unspecified atom stereocenters. The van der Waals surface area contributed by atoms with Gasteiger partial charge in [-0.25, -0.2) is 29.9 Å². The van der Waals surface area contributed by atoms with Crippen LogP contribution in [0, 0.1) is 0 Å². The zero-order valence-electron chi connectivity index (χ0n) is 66.2. The average Bonchev–Trinajstić information content (AvgIpc) is 1.54. The third-order valence-electron chi connectivity index (χ3n) is 24.1. The monoisotopic (exact) mass is 1560 g/mol. The second-order valence-corrected chi connectivity index (χ2v) is 31.1. The van der Waals surface area contributed by atoms with Crippen LogP contribution < -0.4 is 0 Å². The lowest BCUT2D eigenvalue weighted by Crippen LogP contribution is -2.28. The van der Waals surface area contributed by atoms with E-state index >= 15 is 0 Å². The largest absolute Gasteiger partial charge is 0.436 e. The summed E-state index contributed by atoms with van der Waals surface area (Å²) in [6, 6.07) is 158. The van der Waals surface area contributed by atoms with E-state index < -0.39 is 10.8 Å². The van der Waals surface area contributed by atoms with Crippen LogP contribution in [-0.4, -0.2) is 29.9 Å². The molecule has 4 heterocycles. The van der Waals surface area contributed by atoms with Crippen LogP contribution >= 0.6 is 0 Å². The van der Waals surface area contributed by atoms with E-state index in [1.807, 2.05) is 121 Å². The molecule has 0 saturated heterocycles. The quantitative estimate of drug-likeness (QED) is 0.1000. The summed E-state index contributed by atoms with van der Waals surface area (Å²) in [5.74, 6) is 2.64. The van der Waals surface area contributed by atoms with Crippen molar-refractivity contribution in [3.63, 3.8) is 0 Å². The van der Waals surface area contributed by atoms with Crippen LogP contribution in [0.4, 0.5) is 0 Å². The van der Waals surface area contributed by atoms with Crippen LogP contribution in [0.15, 0.2) is 458 Å². The van der Waals surface area contributed by atoms with E-state index in [9.17, 15) is 0 Å². The third kappa shape index (κ3) is 12.9. The first-order chi connectivity index (χ1) is 60.4. The van der Waals surface area contributed by atoms with Crippen LogP contribution in [0.5, 0.6) is 0 Å². The molecule has 0 amide bonds. The van der Waals surface area contributed by atoms with Crippen LogP contribution in [0.1, 0.15) is 44.5 Å². The van der Waals surface area contributed by atoms with Gasteiger partial charge in [0.2, 0.25) is 11.8 Å². The maximum Gasteiger partial charge on any atom is 0.227 e. The summed E-state index contributed by atoms with van der Waals surface area (Å²) in [6.45, 7) is 0. The zero-order valence-corrected chi connectivity index (χ0v) is 66.2. The fourth-order valence-corrected chi connectivity index (χ4v) is 18.3. The summed E-state index contributed by atoms with van der Waals surface area (Å²) in [5, 5.41) is 0. The van der Waals surface area contributed by atoms with Gasteiger partial charge in [0.1, 0.15) is 11.0 Å². The first-order valence-corrected chi connectivity index (χ1v) is 41.3. The summed E-state index contributed by atoms with van der Waals surface area (Å²) in [6.07, 6.45) is 0. The number of nitrogens with zero attached hydrogens (tertiary/aromatic N) is 6. The molecule has 572 valence electrons. The van der Waals surface area contributed by atoms with E-state index in [0.29, 0.717) is 23.4 Å². The van der Waals surface area contributed by atoms with Crippen molar-refractivity contribution >= 4 is 22.2 Å². The minimum atomic E-state index is -0.579. The molecule has 122 heavy (non-hydrogen) atoms. The standard InChI is InChI=1S/C60H39N3O.C54H35N3O/c1-4-14-40(15-5-1)41-24-28-44(29-25-41)55-39-56(62-58(61-55)46-16-6-2-7-17-46)45-30-26-42(27-31-45)43-32-34-48(35-33-43)60(52-22-12-10-20-50(52)51-21-11-13-23-53(51)60)49-36-37-54-57(38-49)64-59(63-54)47-18-8-3-9-19-47;1-4-15-37(16-5-1)49-35-50(56-52(55-49)38-17-6-2-7-18-38)41-22-14-21-40(33-41)36-27-29-42(30-28-36)54(46-25-12-10-23-44(46)45-24-11-13-26-47(45)54)43-31-32-48-51(34-43)58-53(57-48)39-19-8-3-9-20-39/h1-39H;1-35H. The Bertz CT molecular complexity index is 7300. The van der Waals surface area contributed by atoms with Gasteiger partial charge in [-0.15, -0.1) is 0 Å². The molecule has 17 aromatic carbocycles. The minimum absolute atomic E-state index is 0.577. The predicted octanol–water partition coefficient (Wildman–Crippen LogP) is 28.3. The number of fused-ring (bicyclic) bond motifs is 8. The van der Waals surface area contributed by atoms with Gasteiger partial charge >= 0.3 is 0 Å². The van der Waals surface area contributed by atoms with Gasteiger partial charge in [-0.2, -0.15) is 0 Å². The molecule has 0 fully saturated rings. The van der Waals surface area contributed by atoms with E-state index in [2.05, 4.69) is 328 Å². The number of hydrogen-bond donors (Lipinski definition) is 0. The van der Waals surface area contributed by atoms with E-state index in [1.165, 1.54) is 66.8 Å². The average molecular weight is 1560 g/mol. The maximum atomic E-state index is 6.49. The lowest BCUT2D eigenvalue weighted by Gasteiger charge is -2.34. The Balaban J connectivity index is 0.000000146. The van der Waals surface area contributed by atoms with Crippen LogP contribution in [0.2, 0.25) is 0 Å². The zero-order chi connectivity index (χ0) is 80.9. The van der Waals surface area contributed by atoms with Crippen LogP contribution in [-0.2, 0) is 10.8 Å². The van der Waals surface area contributed by atoms with Gasteiger partial charge in [-0.1, -0.05) is 382 Å². The molecule has 2 aliphatic carbocycles. The van der Waals surface area contributed by atoms with Crippen molar-refractivity contribution in [1.82, 2.24) is 29.9 Å². The molecule has 0 atom stereocenters. The highest BCUT2D eigenvalue weighted by Crippen LogP contribution is 2.59. The molecule has 2 aliphatic rings. The maximum absolute atomic E-state index is 6.49. The Labute approximate surface area is 706 Å². The summed E-state index contributed by atoms with van der Waals surface area (Å²) in [4.78, 5) is 30.0. The van der Waals surface area contributed by atoms with Gasteiger partial charge in [-0.3, -0.25) is 0 Å². The van der Waals surface area contributed by atoms with E-state index in [-0.39, 0.29) is 0 Å². The van der Waals surface area contributed by atoms with Crippen molar-refractivity contribution in [3.8, 4) is 146 Å². The van der Waals surface area contributed by atoms with E-state index in [1.54, 1.807) is 0 Å². The second-order valence-electron chi connectivity index (χ2n) is 31.1. The van der Waals surface area contributed by atoms with Gasteiger partial charge in [0, 0.05) is 44.5 Å². The lowest BCUT2D eigenvalue weighted by atomic mass is 9.67. The minimum Gasteiger partial charge on any atom is -0.436 e. The Morgan fingerprint density at radius 3 is 0.787 bits per heavy atom. The van der Waals surface area contributed by atoms with Crippen molar-refractivity contribution in [1.29, 1.82) is 0 Å². The molecule has 0 radical (unpaired) electrons. The molecule has 23 rings (SSSR count). The van der Waals surface area contributed by atoms with Gasteiger partial charge in [0.15, 0.2) is 22.8 Å². The Morgan fingerprint density at radius 1 is 0.164 bits per heavy atom. The fourth-order valence-electron chi connectivity index (χ4n) is 18.3. The number of oxazole rings is 2. The summed E-state index contributed by atoms with van der Waals surface area (Å²) < 4.78 is 13.0. The molecule has 0 saturated carbocycles. The molecular formula is C114H74N6O2. The van der Waals surface area contributed by atoms with Gasteiger partial charge in [-0.05, 0) is 167 Å². The molecular weight excluding hydrogens is 1490 g/mol. The summed E-state index contributed by atoms with van der Waals surface area (Å²) in [5.41, 5.74) is 35.1. The Kier molecular flexibility index (Phi) is 18.2. The van der Waals surface area contributed by atoms with Crippen molar-refractivity contribution in [2.75, 3.05) is 0 Å². The Hall–Kier alpha value is -16.2. The van der Waals surface area contributed by atoms with E-state index in [4.69, 9.17) is 38.7 Å². The highest BCUT2D eigenvalue weighted by molar-refractivity contribution is 5.91. The normalized spacial score (nSPS) is 12.6. The second kappa shape index (κ2) is 30.7. The topological polar surface area (TPSA) is 104 Å². The SMILES string of the molecule is c1ccc(-c2cc(-c3cccc(-c4ccc(C5(c6ccc7nc(-c8ccccc8)oc7c6)c6ccccc6-c6ccccc65)cc4)c3)nc(-c3ccccc3)n2)cc1.c1ccc(-c2ccc(-c3cc(-c4ccc(-c5ccc(C6(c7ccc8nc(-c9ccccc9)oc8c7)c7ccccc7-c7ccccc76)cc5)cc4)nc(-c4ccccc4)n3)cc2)cc1. The van der Waals surface area contributed by atoms with Crippen molar-refractivity contribution in [2.24, 2.45) is 0 Å². The molecule has 0 aliphatic heterocycles. The highest BCUT2D eigenvalue weighted by atomic mass is 16.4. The first kappa shape index (κ1) is 72.3.